The normalized spacial score (nSPS) is 10.5. The van der Waals surface area contributed by atoms with Crippen LogP contribution >= 0.6 is 23.2 Å². The summed E-state index contributed by atoms with van der Waals surface area (Å²) in [6, 6.07) is 8.31. The van der Waals surface area contributed by atoms with E-state index in [1.807, 2.05) is 13.8 Å². The Morgan fingerprint density at radius 3 is 2.50 bits per heavy atom. The topological polar surface area (TPSA) is 67.4 Å². The van der Waals surface area contributed by atoms with Crippen LogP contribution in [0.3, 0.4) is 0 Å². The highest BCUT2D eigenvalue weighted by atomic mass is 35.5. The van der Waals surface area contributed by atoms with E-state index in [-0.39, 0.29) is 40.0 Å². The van der Waals surface area contributed by atoms with E-state index < -0.39 is 11.7 Å². The second-order valence-corrected chi connectivity index (χ2v) is 6.55. The van der Waals surface area contributed by atoms with Gasteiger partial charge in [0.2, 0.25) is 0 Å². The van der Waals surface area contributed by atoms with Gasteiger partial charge in [-0.3, -0.25) is 9.59 Å². The van der Waals surface area contributed by atoms with E-state index in [4.69, 9.17) is 27.9 Å². The molecule has 2 rings (SSSR count). The lowest BCUT2D eigenvalue weighted by Gasteiger charge is -2.12. The van der Waals surface area contributed by atoms with E-state index in [1.54, 1.807) is 6.07 Å². The summed E-state index contributed by atoms with van der Waals surface area (Å²) in [6.07, 6.45) is 0. The highest BCUT2D eigenvalue weighted by Crippen LogP contribution is 2.24. The van der Waals surface area contributed by atoms with Crippen LogP contribution in [0.15, 0.2) is 36.4 Å². The molecule has 0 aliphatic heterocycles. The van der Waals surface area contributed by atoms with Crippen LogP contribution in [0.2, 0.25) is 10.0 Å². The van der Waals surface area contributed by atoms with Gasteiger partial charge in [0.15, 0.2) is 6.61 Å². The molecule has 0 aliphatic rings. The minimum absolute atomic E-state index is 0.0212. The molecule has 8 heteroatoms. The SMILES string of the molecule is CC(C)NC(=O)c1ccc(Cl)c(NC(=O)COc2ccc(F)c(Cl)c2)c1. The molecule has 0 unspecified atom stereocenters. The summed E-state index contributed by atoms with van der Waals surface area (Å²) >= 11 is 11.7. The van der Waals surface area contributed by atoms with Gasteiger partial charge in [-0.15, -0.1) is 0 Å². The lowest BCUT2D eigenvalue weighted by molar-refractivity contribution is -0.118. The molecule has 0 bridgehead atoms. The molecule has 26 heavy (non-hydrogen) atoms. The van der Waals surface area contributed by atoms with Gasteiger partial charge in [-0.2, -0.15) is 0 Å². The molecular formula is C18H17Cl2FN2O3. The Balaban J connectivity index is 2.01. The molecule has 2 amide bonds. The van der Waals surface area contributed by atoms with Crippen LogP contribution in [-0.4, -0.2) is 24.5 Å². The summed E-state index contributed by atoms with van der Waals surface area (Å²) in [5.41, 5.74) is 0.651. The van der Waals surface area contributed by atoms with Crippen molar-refractivity contribution < 1.29 is 18.7 Å². The first-order chi connectivity index (χ1) is 12.3. The zero-order valence-corrected chi connectivity index (χ0v) is 15.6. The van der Waals surface area contributed by atoms with Crippen LogP contribution in [0, 0.1) is 5.82 Å². The average Bonchev–Trinajstić information content (AvgIpc) is 2.57. The molecular weight excluding hydrogens is 382 g/mol. The maximum atomic E-state index is 13.1. The molecule has 0 fully saturated rings. The van der Waals surface area contributed by atoms with E-state index in [0.29, 0.717) is 5.56 Å². The van der Waals surface area contributed by atoms with Crippen LogP contribution in [-0.2, 0) is 4.79 Å². The first-order valence-electron chi connectivity index (χ1n) is 7.74. The summed E-state index contributed by atoms with van der Waals surface area (Å²) in [5.74, 6) is -1.09. The zero-order valence-electron chi connectivity index (χ0n) is 14.1. The van der Waals surface area contributed by atoms with E-state index >= 15 is 0 Å². The molecule has 0 aliphatic carbocycles. The van der Waals surface area contributed by atoms with Gasteiger partial charge in [0.1, 0.15) is 11.6 Å². The minimum atomic E-state index is -0.577. The van der Waals surface area contributed by atoms with Crippen molar-refractivity contribution in [3.63, 3.8) is 0 Å². The Morgan fingerprint density at radius 1 is 1.12 bits per heavy atom. The molecule has 138 valence electrons. The molecule has 0 atom stereocenters. The Kier molecular flexibility index (Phi) is 6.83. The van der Waals surface area contributed by atoms with E-state index in [2.05, 4.69) is 10.6 Å². The summed E-state index contributed by atoms with van der Waals surface area (Å²) in [7, 11) is 0. The molecule has 2 aromatic rings. The lowest BCUT2D eigenvalue weighted by atomic mass is 10.1. The maximum absolute atomic E-state index is 13.1. The van der Waals surface area contributed by atoms with Gasteiger partial charge in [-0.25, -0.2) is 4.39 Å². The zero-order chi connectivity index (χ0) is 19.3. The minimum Gasteiger partial charge on any atom is -0.484 e. The van der Waals surface area contributed by atoms with Crippen LogP contribution in [0.1, 0.15) is 24.2 Å². The number of ether oxygens (including phenoxy) is 1. The fraction of sp³-hybridized carbons (Fsp3) is 0.222. The molecule has 5 nitrogen and oxygen atoms in total. The number of rotatable bonds is 6. The Labute approximate surface area is 160 Å². The number of carbonyl (C=O) groups excluding carboxylic acids is 2. The van der Waals surface area contributed by atoms with Gasteiger partial charge in [-0.05, 0) is 44.2 Å². The van der Waals surface area contributed by atoms with E-state index in [0.717, 1.165) is 6.07 Å². The number of carbonyl (C=O) groups is 2. The number of hydrogen-bond acceptors (Lipinski definition) is 3. The van der Waals surface area contributed by atoms with E-state index in [1.165, 1.54) is 24.3 Å². The maximum Gasteiger partial charge on any atom is 0.262 e. The largest absolute Gasteiger partial charge is 0.484 e. The van der Waals surface area contributed by atoms with Crippen LogP contribution in [0.25, 0.3) is 0 Å². The highest BCUT2D eigenvalue weighted by Gasteiger charge is 2.12. The third-order valence-corrected chi connectivity index (χ3v) is 3.80. The number of halogens is 3. The van der Waals surface area contributed by atoms with Gasteiger partial charge in [0, 0.05) is 17.7 Å². The van der Waals surface area contributed by atoms with Gasteiger partial charge in [0.05, 0.1) is 15.7 Å². The van der Waals surface area contributed by atoms with E-state index in [9.17, 15) is 14.0 Å². The quantitative estimate of drug-likeness (QED) is 0.762. The summed E-state index contributed by atoms with van der Waals surface area (Å²) in [5, 5.41) is 5.50. The smallest absolute Gasteiger partial charge is 0.262 e. The van der Waals surface area contributed by atoms with Crippen molar-refractivity contribution >= 4 is 40.7 Å². The van der Waals surface area contributed by atoms with Crippen molar-refractivity contribution in [2.75, 3.05) is 11.9 Å². The molecule has 2 N–H and O–H groups in total. The van der Waals surface area contributed by atoms with Crippen molar-refractivity contribution in [3.05, 3.63) is 57.8 Å². The van der Waals surface area contributed by atoms with Crippen molar-refractivity contribution in [1.82, 2.24) is 5.32 Å². The lowest BCUT2D eigenvalue weighted by Crippen LogP contribution is -2.30. The van der Waals surface area contributed by atoms with Crippen molar-refractivity contribution in [2.45, 2.75) is 19.9 Å². The Bertz CT molecular complexity index is 828. The average molecular weight is 399 g/mol. The number of nitrogens with one attached hydrogen (secondary N) is 2. The van der Waals surface area contributed by atoms with Crippen LogP contribution in [0.4, 0.5) is 10.1 Å². The molecule has 0 saturated heterocycles. The Hall–Kier alpha value is -2.31. The second-order valence-electron chi connectivity index (χ2n) is 5.74. The fourth-order valence-electron chi connectivity index (χ4n) is 2.01. The Morgan fingerprint density at radius 2 is 1.85 bits per heavy atom. The molecule has 0 aromatic heterocycles. The van der Waals surface area contributed by atoms with Crippen molar-refractivity contribution in [2.24, 2.45) is 0 Å². The molecule has 2 aromatic carbocycles. The fourth-order valence-corrected chi connectivity index (χ4v) is 2.34. The number of amides is 2. The third-order valence-electron chi connectivity index (χ3n) is 3.18. The second kappa shape index (κ2) is 8.87. The third kappa shape index (κ3) is 5.61. The number of benzene rings is 2. The predicted molar refractivity (Wildman–Crippen MR) is 99.6 cm³/mol. The van der Waals surface area contributed by atoms with Gasteiger partial charge in [-0.1, -0.05) is 23.2 Å². The summed E-state index contributed by atoms with van der Waals surface area (Å²) < 4.78 is 18.4. The monoisotopic (exact) mass is 398 g/mol. The summed E-state index contributed by atoms with van der Waals surface area (Å²) in [6.45, 7) is 3.35. The van der Waals surface area contributed by atoms with Crippen LogP contribution < -0.4 is 15.4 Å². The van der Waals surface area contributed by atoms with Crippen molar-refractivity contribution in [3.8, 4) is 5.75 Å². The molecule has 0 spiro atoms. The molecule has 0 saturated carbocycles. The number of anilines is 1. The summed E-state index contributed by atoms with van der Waals surface area (Å²) in [4.78, 5) is 24.1. The van der Waals surface area contributed by atoms with Gasteiger partial charge < -0.3 is 15.4 Å². The van der Waals surface area contributed by atoms with Crippen LogP contribution in [0.5, 0.6) is 5.75 Å². The standard InChI is InChI=1S/C18H17Cl2FN2O3/c1-10(2)22-18(25)11-3-5-13(19)16(7-11)23-17(24)9-26-12-4-6-15(21)14(20)8-12/h3-8,10H,9H2,1-2H3,(H,22,25)(H,23,24). The highest BCUT2D eigenvalue weighted by molar-refractivity contribution is 6.34. The van der Waals surface area contributed by atoms with Gasteiger partial charge in [0.25, 0.3) is 11.8 Å². The predicted octanol–water partition coefficient (Wildman–Crippen LogP) is 4.29. The molecule has 0 radical (unpaired) electrons. The number of hydrogen-bond donors (Lipinski definition) is 2. The first kappa shape index (κ1) is 20.0. The van der Waals surface area contributed by atoms with Gasteiger partial charge >= 0.3 is 0 Å². The first-order valence-corrected chi connectivity index (χ1v) is 8.50. The molecule has 0 heterocycles. The van der Waals surface area contributed by atoms with Crippen molar-refractivity contribution in [1.29, 1.82) is 0 Å².